The molecule has 21 heavy (non-hydrogen) atoms. The van der Waals surface area contributed by atoms with Crippen LogP contribution in [-0.2, 0) is 7.05 Å². The fourth-order valence-corrected chi connectivity index (χ4v) is 3.28. The number of aryl methyl sites for hydroxylation is 1. The Morgan fingerprint density at radius 3 is 3.10 bits per heavy atom. The Balaban J connectivity index is 1.66. The summed E-state index contributed by atoms with van der Waals surface area (Å²) in [5.74, 6) is 1.09. The lowest BCUT2D eigenvalue weighted by molar-refractivity contribution is -0.380. The number of nitrogens with one attached hydrogen (secondary N) is 1. The minimum Gasteiger partial charge on any atom is -0.357 e. The van der Waals surface area contributed by atoms with E-state index >= 15 is 0 Å². The van der Waals surface area contributed by atoms with Crippen molar-refractivity contribution in [1.82, 2.24) is 14.8 Å². The van der Waals surface area contributed by atoms with Gasteiger partial charge in [-0.15, -0.1) is 0 Å². The molecule has 3 rings (SSSR count). The van der Waals surface area contributed by atoms with E-state index in [0.717, 1.165) is 43.1 Å². The van der Waals surface area contributed by atoms with E-state index in [1.165, 1.54) is 6.20 Å². The second-order valence-corrected chi connectivity index (χ2v) is 6.01. The largest absolute Gasteiger partial charge is 0.357 e. The molecule has 9 heteroatoms. The Morgan fingerprint density at radius 1 is 1.57 bits per heavy atom. The van der Waals surface area contributed by atoms with Gasteiger partial charge in [0.05, 0.1) is 11.1 Å². The van der Waals surface area contributed by atoms with Gasteiger partial charge in [0.2, 0.25) is 0 Å². The molecule has 0 saturated carbocycles. The van der Waals surface area contributed by atoms with Crippen molar-refractivity contribution in [2.24, 2.45) is 7.05 Å². The first-order valence-electron chi connectivity index (χ1n) is 6.73. The summed E-state index contributed by atoms with van der Waals surface area (Å²) in [5, 5.41) is 18.9. The molecule has 0 amide bonds. The lowest BCUT2D eigenvalue weighted by atomic mass is 10.1. The average molecular weight is 308 g/mol. The molecule has 1 fully saturated rings. The van der Waals surface area contributed by atoms with E-state index < -0.39 is 4.92 Å². The molecule has 1 N–H and O–H groups in total. The molecule has 2 aromatic rings. The molecule has 112 valence electrons. The van der Waals surface area contributed by atoms with Crippen molar-refractivity contribution in [1.29, 1.82) is 0 Å². The summed E-state index contributed by atoms with van der Waals surface area (Å²) in [6.45, 7) is 1.84. The predicted molar refractivity (Wildman–Crippen MR) is 80.8 cm³/mol. The molecule has 1 saturated heterocycles. The van der Waals surface area contributed by atoms with Gasteiger partial charge in [0, 0.05) is 32.2 Å². The molecular weight excluding hydrogens is 292 g/mol. The molecule has 0 unspecified atom stereocenters. The van der Waals surface area contributed by atoms with Crippen LogP contribution in [0.2, 0.25) is 0 Å². The topological polar surface area (TPSA) is 89.1 Å². The van der Waals surface area contributed by atoms with Crippen LogP contribution in [0.1, 0.15) is 12.8 Å². The fraction of sp³-hybridized carbons (Fsp3) is 0.500. The first kappa shape index (κ1) is 13.8. The standard InChI is InChI=1S/C12H16N6O2S/c1-16-10(4-5-14-16)17-6-2-3-9(8-17)15-12-13-7-11(21-12)18(19)20/h4-5,7,9H,2-3,6,8H2,1H3,(H,13,15)/t9-/m1/s1. The Labute approximate surface area is 125 Å². The fourth-order valence-electron chi connectivity index (χ4n) is 2.57. The van der Waals surface area contributed by atoms with Gasteiger partial charge in [-0.2, -0.15) is 5.10 Å². The highest BCUT2D eigenvalue weighted by atomic mass is 32.1. The summed E-state index contributed by atoms with van der Waals surface area (Å²) in [6, 6.07) is 2.23. The highest BCUT2D eigenvalue weighted by Crippen LogP contribution is 2.27. The predicted octanol–water partition coefficient (Wildman–Crippen LogP) is 1.87. The van der Waals surface area contributed by atoms with Gasteiger partial charge < -0.3 is 10.2 Å². The molecule has 0 aliphatic carbocycles. The van der Waals surface area contributed by atoms with Crippen molar-refractivity contribution < 1.29 is 4.92 Å². The Kier molecular flexibility index (Phi) is 3.74. The number of rotatable bonds is 4. The molecule has 1 aliphatic heterocycles. The second kappa shape index (κ2) is 5.68. The van der Waals surface area contributed by atoms with Crippen molar-refractivity contribution in [2.45, 2.75) is 18.9 Å². The lowest BCUT2D eigenvalue weighted by Gasteiger charge is -2.34. The van der Waals surface area contributed by atoms with Gasteiger partial charge in [-0.1, -0.05) is 0 Å². The quantitative estimate of drug-likeness (QED) is 0.685. The number of aromatic nitrogens is 3. The number of piperidine rings is 1. The zero-order valence-corrected chi connectivity index (χ0v) is 12.4. The minimum atomic E-state index is -0.411. The monoisotopic (exact) mass is 308 g/mol. The van der Waals surface area contributed by atoms with Crippen LogP contribution in [0.5, 0.6) is 0 Å². The number of nitro groups is 1. The molecule has 0 bridgehead atoms. The van der Waals surface area contributed by atoms with Gasteiger partial charge >= 0.3 is 5.00 Å². The second-order valence-electron chi connectivity index (χ2n) is 5.00. The van der Waals surface area contributed by atoms with E-state index in [1.54, 1.807) is 6.20 Å². The van der Waals surface area contributed by atoms with Crippen LogP contribution >= 0.6 is 11.3 Å². The van der Waals surface area contributed by atoms with Crippen molar-refractivity contribution in [2.75, 3.05) is 23.3 Å². The van der Waals surface area contributed by atoms with Gasteiger partial charge in [0.15, 0.2) is 5.13 Å². The van der Waals surface area contributed by atoms with E-state index in [2.05, 4.69) is 20.3 Å². The van der Waals surface area contributed by atoms with Crippen LogP contribution in [0.4, 0.5) is 16.0 Å². The maximum atomic E-state index is 10.7. The van der Waals surface area contributed by atoms with Gasteiger partial charge in [-0.3, -0.25) is 14.8 Å². The number of nitrogens with zero attached hydrogens (tertiary/aromatic N) is 5. The molecule has 0 spiro atoms. The smallest absolute Gasteiger partial charge is 0.345 e. The molecular formula is C12H16N6O2S. The number of anilines is 2. The Bertz CT molecular complexity index is 639. The van der Waals surface area contributed by atoms with E-state index in [1.807, 2.05) is 17.8 Å². The van der Waals surface area contributed by atoms with Gasteiger partial charge in [0.25, 0.3) is 0 Å². The van der Waals surface area contributed by atoms with E-state index in [4.69, 9.17) is 0 Å². The summed E-state index contributed by atoms with van der Waals surface area (Å²) in [6.07, 6.45) is 5.18. The average Bonchev–Trinajstić information content (AvgIpc) is 3.08. The van der Waals surface area contributed by atoms with E-state index in [9.17, 15) is 10.1 Å². The van der Waals surface area contributed by atoms with Crippen molar-refractivity contribution in [3.63, 3.8) is 0 Å². The zero-order valence-electron chi connectivity index (χ0n) is 11.6. The molecule has 0 aromatic carbocycles. The number of hydrogen-bond acceptors (Lipinski definition) is 7. The summed E-state index contributed by atoms with van der Waals surface area (Å²) < 4.78 is 1.86. The molecule has 1 aliphatic rings. The Morgan fingerprint density at radius 2 is 2.43 bits per heavy atom. The third-order valence-corrected chi connectivity index (χ3v) is 4.42. The normalized spacial score (nSPS) is 18.7. The lowest BCUT2D eigenvalue weighted by Crippen LogP contribution is -2.42. The van der Waals surface area contributed by atoms with Gasteiger partial charge in [0.1, 0.15) is 12.0 Å². The molecule has 0 radical (unpaired) electrons. The first-order chi connectivity index (χ1) is 10.1. The van der Waals surface area contributed by atoms with Gasteiger partial charge in [-0.25, -0.2) is 4.98 Å². The van der Waals surface area contributed by atoms with Crippen LogP contribution in [0.15, 0.2) is 18.5 Å². The van der Waals surface area contributed by atoms with Crippen molar-refractivity contribution in [3.05, 3.63) is 28.6 Å². The molecule has 3 heterocycles. The third-order valence-electron chi connectivity index (χ3n) is 3.54. The summed E-state index contributed by atoms with van der Waals surface area (Å²) in [5.41, 5.74) is 0. The minimum absolute atomic E-state index is 0.0665. The summed E-state index contributed by atoms with van der Waals surface area (Å²) in [7, 11) is 1.93. The maximum Gasteiger partial charge on any atom is 0.345 e. The Hall–Kier alpha value is -2.16. The summed E-state index contributed by atoms with van der Waals surface area (Å²) in [4.78, 5) is 16.6. The van der Waals surface area contributed by atoms with Crippen LogP contribution < -0.4 is 10.2 Å². The maximum absolute atomic E-state index is 10.7. The SMILES string of the molecule is Cn1nccc1N1CCC[C@@H](Nc2ncc([N+](=O)[O-])s2)C1. The number of thiazole rings is 1. The van der Waals surface area contributed by atoms with Crippen LogP contribution in [0, 0.1) is 10.1 Å². The highest BCUT2D eigenvalue weighted by Gasteiger charge is 2.23. The van der Waals surface area contributed by atoms with Crippen molar-refractivity contribution >= 4 is 27.3 Å². The first-order valence-corrected chi connectivity index (χ1v) is 7.55. The third kappa shape index (κ3) is 2.97. The highest BCUT2D eigenvalue weighted by molar-refractivity contribution is 7.18. The molecule has 1 atom stereocenters. The van der Waals surface area contributed by atoms with Crippen LogP contribution in [-0.4, -0.2) is 38.8 Å². The van der Waals surface area contributed by atoms with E-state index in [0.29, 0.717) is 5.13 Å². The number of hydrogen-bond donors (Lipinski definition) is 1. The zero-order chi connectivity index (χ0) is 14.8. The molecule has 8 nitrogen and oxygen atoms in total. The summed E-state index contributed by atoms with van der Waals surface area (Å²) >= 11 is 1.08. The van der Waals surface area contributed by atoms with Gasteiger partial charge in [-0.05, 0) is 24.2 Å². The van der Waals surface area contributed by atoms with Crippen LogP contribution in [0.3, 0.4) is 0 Å². The molecule has 2 aromatic heterocycles. The van der Waals surface area contributed by atoms with Crippen LogP contribution in [0.25, 0.3) is 0 Å². The van der Waals surface area contributed by atoms with E-state index in [-0.39, 0.29) is 11.0 Å². The van der Waals surface area contributed by atoms with Crippen molar-refractivity contribution in [3.8, 4) is 0 Å².